The highest BCUT2D eigenvalue weighted by Gasteiger charge is 2.50. The summed E-state index contributed by atoms with van der Waals surface area (Å²) >= 11 is 0. The molecule has 70 valence electrons. The van der Waals surface area contributed by atoms with Gasteiger partial charge in [0.15, 0.2) is 0 Å². The first-order valence-corrected chi connectivity index (χ1v) is 4.54. The van der Waals surface area contributed by atoms with Crippen molar-refractivity contribution in [1.29, 1.82) is 0 Å². The summed E-state index contributed by atoms with van der Waals surface area (Å²) in [5.41, 5.74) is 1.12. The average molecular weight is 178 g/mol. The van der Waals surface area contributed by atoms with Gasteiger partial charge in [0.05, 0.1) is 6.10 Å². The molecule has 0 saturated heterocycles. The molecule has 2 rings (SSSR count). The smallest absolute Gasteiger partial charge is 0.115 e. The van der Waals surface area contributed by atoms with E-state index in [1.165, 1.54) is 6.33 Å². The van der Waals surface area contributed by atoms with E-state index in [0.29, 0.717) is 5.92 Å². The molecule has 3 heteroatoms. The highest BCUT2D eigenvalue weighted by atomic mass is 16.3. The van der Waals surface area contributed by atoms with E-state index in [9.17, 15) is 5.11 Å². The zero-order valence-electron chi connectivity index (χ0n) is 7.94. The molecule has 0 radical (unpaired) electrons. The lowest BCUT2D eigenvalue weighted by Crippen LogP contribution is -2.05. The Hall–Kier alpha value is -0.960. The minimum atomic E-state index is -0.392. The van der Waals surface area contributed by atoms with E-state index in [-0.39, 0.29) is 5.41 Å². The molecule has 1 aliphatic rings. The molecule has 0 aliphatic heterocycles. The molecular formula is C10H14N2O. The summed E-state index contributed by atoms with van der Waals surface area (Å²) in [7, 11) is 0. The van der Waals surface area contributed by atoms with Crippen molar-refractivity contribution < 1.29 is 5.11 Å². The maximum absolute atomic E-state index is 9.92. The average Bonchev–Trinajstić information content (AvgIpc) is 2.76. The third-order valence-corrected chi connectivity index (χ3v) is 2.89. The number of aromatic nitrogens is 2. The molecule has 1 aromatic heterocycles. The zero-order chi connectivity index (χ0) is 9.47. The molecule has 2 atom stereocenters. The molecule has 0 aromatic carbocycles. The van der Waals surface area contributed by atoms with Crippen molar-refractivity contribution >= 4 is 0 Å². The molecule has 1 aliphatic carbocycles. The van der Waals surface area contributed by atoms with Crippen molar-refractivity contribution in [3.8, 4) is 0 Å². The van der Waals surface area contributed by atoms with E-state index in [2.05, 4.69) is 23.8 Å². The topological polar surface area (TPSA) is 46.0 Å². The number of rotatable bonds is 2. The number of hydrogen-bond acceptors (Lipinski definition) is 3. The van der Waals surface area contributed by atoms with Crippen molar-refractivity contribution in [2.24, 2.45) is 11.3 Å². The Bertz CT molecular complexity index is 297. The van der Waals surface area contributed by atoms with Gasteiger partial charge in [0.25, 0.3) is 0 Å². The summed E-state index contributed by atoms with van der Waals surface area (Å²) < 4.78 is 0. The van der Waals surface area contributed by atoms with Crippen LogP contribution in [0, 0.1) is 11.3 Å². The number of hydrogen-bond donors (Lipinski definition) is 1. The van der Waals surface area contributed by atoms with Gasteiger partial charge in [-0.25, -0.2) is 9.97 Å². The van der Waals surface area contributed by atoms with Gasteiger partial charge in [-0.1, -0.05) is 13.8 Å². The zero-order valence-corrected chi connectivity index (χ0v) is 7.94. The van der Waals surface area contributed by atoms with Crippen LogP contribution in [0.4, 0.5) is 0 Å². The summed E-state index contributed by atoms with van der Waals surface area (Å²) in [6.45, 7) is 4.34. The van der Waals surface area contributed by atoms with Crippen LogP contribution in [0.1, 0.15) is 31.9 Å². The predicted octanol–water partition coefficient (Wildman–Crippen LogP) is 1.56. The SMILES string of the molecule is CC1(C)CC1C(O)c1cncnc1. The Balaban J connectivity index is 2.12. The molecule has 1 N–H and O–H groups in total. The van der Waals surface area contributed by atoms with Crippen LogP contribution < -0.4 is 0 Å². The van der Waals surface area contributed by atoms with Crippen LogP contribution in [0.3, 0.4) is 0 Å². The molecular weight excluding hydrogens is 164 g/mol. The highest BCUT2D eigenvalue weighted by molar-refractivity contribution is 5.14. The van der Waals surface area contributed by atoms with Gasteiger partial charge in [-0.3, -0.25) is 0 Å². The molecule has 0 bridgehead atoms. The fraction of sp³-hybridized carbons (Fsp3) is 0.600. The van der Waals surface area contributed by atoms with Crippen LogP contribution in [-0.2, 0) is 0 Å². The summed E-state index contributed by atoms with van der Waals surface area (Å²) in [5, 5.41) is 9.92. The highest BCUT2D eigenvalue weighted by Crippen LogP contribution is 2.57. The third kappa shape index (κ3) is 1.56. The monoisotopic (exact) mass is 178 g/mol. The standard InChI is InChI=1S/C10H14N2O/c1-10(2)3-8(10)9(13)7-4-11-6-12-5-7/h4-6,8-9,13H,3H2,1-2H3. The molecule has 1 heterocycles. The van der Waals surface area contributed by atoms with Gasteiger partial charge in [0.1, 0.15) is 6.33 Å². The van der Waals surface area contributed by atoms with Crippen molar-refractivity contribution in [3.63, 3.8) is 0 Å². The molecule has 2 unspecified atom stereocenters. The first kappa shape index (κ1) is 8.63. The predicted molar refractivity (Wildman–Crippen MR) is 48.9 cm³/mol. The summed E-state index contributed by atoms with van der Waals surface area (Å²) in [4.78, 5) is 7.79. The van der Waals surface area contributed by atoms with E-state index in [1.807, 2.05) is 0 Å². The van der Waals surface area contributed by atoms with E-state index >= 15 is 0 Å². The molecule has 13 heavy (non-hydrogen) atoms. The third-order valence-electron chi connectivity index (χ3n) is 2.89. The van der Waals surface area contributed by atoms with Crippen LogP contribution in [0.25, 0.3) is 0 Å². The lowest BCUT2D eigenvalue weighted by molar-refractivity contribution is 0.137. The Morgan fingerprint density at radius 2 is 2.00 bits per heavy atom. The summed E-state index contributed by atoms with van der Waals surface area (Å²) in [6.07, 6.45) is 5.55. The fourth-order valence-electron chi connectivity index (χ4n) is 1.74. The normalized spacial score (nSPS) is 26.8. The van der Waals surface area contributed by atoms with Crippen LogP contribution in [0.15, 0.2) is 18.7 Å². The Morgan fingerprint density at radius 3 is 2.46 bits per heavy atom. The second-order valence-electron chi connectivity index (χ2n) is 4.42. The van der Waals surface area contributed by atoms with Crippen LogP contribution in [0.5, 0.6) is 0 Å². The second kappa shape index (κ2) is 2.77. The number of nitrogens with zero attached hydrogens (tertiary/aromatic N) is 2. The molecule has 0 amide bonds. The van der Waals surface area contributed by atoms with Crippen molar-refractivity contribution in [2.45, 2.75) is 26.4 Å². The number of aliphatic hydroxyl groups excluding tert-OH is 1. The van der Waals surface area contributed by atoms with E-state index in [4.69, 9.17) is 0 Å². The van der Waals surface area contributed by atoms with E-state index < -0.39 is 6.10 Å². The summed E-state index contributed by atoms with van der Waals surface area (Å²) in [6, 6.07) is 0. The Morgan fingerprint density at radius 1 is 1.46 bits per heavy atom. The molecule has 3 nitrogen and oxygen atoms in total. The lowest BCUT2D eigenvalue weighted by atomic mass is 10.0. The quantitative estimate of drug-likeness (QED) is 0.747. The van der Waals surface area contributed by atoms with Gasteiger partial charge in [-0.2, -0.15) is 0 Å². The minimum absolute atomic E-state index is 0.287. The van der Waals surface area contributed by atoms with Gasteiger partial charge in [0.2, 0.25) is 0 Å². The van der Waals surface area contributed by atoms with Crippen LogP contribution >= 0.6 is 0 Å². The van der Waals surface area contributed by atoms with Gasteiger partial charge in [-0.05, 0) is 17.8 Å². The maximum atomic E-state index is 9.92. The largest absolute Gasteiger partial charge is 0.388 e. The van der Waals surface area contributed by atoms with Gasteiger partial charge in [-0.15, -0.1) is 0 Å². The van der Waals surface area contributed by atoms with Crippen molar-refractivity contribution in [3.05, 3.63) is 24.3 Å². The number of aliphatic hydroxyl groups is 1. The lowest BCUT2D eigenvalue weighted by Gasteiger charge is -2.11. The fourth-order valence-corrected chi connectivity index (χ4v) is 1.74. The van der Waals surface area contributed by atoms with Gasteiger partial charge >= 0.3 is 0 Å². The van der Waals surface area contributed by atoms with Crippen LogP contribution in [-0.4, -0.2) is 15.1 Å². The van der Waals surface area contributed by atoms with E-state index in [0.717, 1.165) is 12.0 Å². The molecule has 1 saturated carbocycles. The molecule has 1 fully saturated rings. The second-order valence-corrected chi connectivity index (χ2v) is 4.42. The maximum Gasteiger partial charge on any atom is 0.115 e. The van der Waals surface area contributed by atoms with E-state index in [1.54, 1.807) is 12.4 Å². The molecule has 1 aromatic rings. The van der Waals surface area contributed by atoms with Gasteiger partial charge in [0, 0.05) is 18.0 Å². The Kier molecular flexibility index (Phi) is 1.84. The molecule has 0 spiro atoms. The van der Waals surface area contributed by atoms with Crippen molar-refractivity contribution in [2.75, 3.05) is 0 Å². The van der Waals surface area contributed by atoms with Crippen LogP contribution in [0.2, 0.25) is 0 Å². The first-order valence-electron chi connectivity index (χ1n) is 4.54. The Labute approximate surface area is 77.8 Å². The van der Waals surface area contributed by atoms with Crippen molar-refractivity contribution in [1.82, 2.24) is 9.97 Å². The van der Waals surface area contributed by atoms with Gasteiger partial charge < -0.3 is 5.11 Å². The first-order chi connectivity index (χ1) is 6.11. The summed E-state index contributed by atoms with van der Waals surface area (Å²) in [5.74, 6) is 0.374. The minimum Gasteiger partial charge on any atom is -0.388 e.